The Labute approximate surface area is 169 Å². The van der Waals surface area contributed by atoms with Crippen molar-refractivity contribution in [3.8, 4) is 0 Å². The van der Waals surface area contributed by atoms with Gasteiger partial charge in [0.25, 0.3) is 0 Å². The van der Waals surface area contributed by atoms with E-state index in [1.54, 1.807) is 0 Å². The van der Waals surface area contributed by atoms with Crippen molar-refractivity contribution in [3.05, 3.63) is 43.7 Å². The van der Waals surface area contributed by atoms with Crippen LogP contribution in [0.3, 0.4) is 0 Å². The summed E-state index contributed by atoms with van der Waals surface area (Å²) in [4.78, 5) is 13.2. The molecule has 2 nitrogen and oxygen atoms in total. The molecule has 2 aliphatic rings. The van der Waals surface area contributed by atoms with Gasteiger partial charge in [0.05, 0.1) is 0 Å². The molecule has 0 aromatic carbocycles. The van der Waals surface area contributed by atoms with Gasteiger partial charge in [-0.2, -0.15) is 0 Å². The molecule has 0 aromatic heterocycles. The van der Waals surface area contributed by atoms with Gasteiger partial charge in [-0.3, -0.25) is 0 Å². The third-order valence-corrected chi connectivity index (χ3v) is 7.94. The first-order valence-electron chi connectivity index (χ1n) is 9.84. The van der Waals surface area contributed by atoms with Crippen LogP contribution in [0.15, 0.2) is 43.7 Å². The Kier molecular flexibility index (Phi) is 7.73. The van der Waals surface area contributed by atoms with Crippen LogP contribution in [0.1, 0.15) is 72.6 Å². The molecule has 0 saturated carbocycles. The van der Waals surface area contributed by atoms with Crippen LogP contribution in [0.2, 0.25) is 0 Å². The summed E-state index contributed by atoms with van der Waals surface area (Å²) < 4.78 is 1.11. The van der Waals surface area contributed by atoms with Gasteiger partial charge in [0.1, 0.15) is 0 Å². The minimum absolute atomic E-state index is 0.311. The molecule has 2 aliphatic carbocycles. The molecular formula is C22H32HgNO. The van der Waals surface area contributed by atoms with Gasteiger partial charge >= 0.3 is 170 Å². The molecule has 3 heteroatoms. The molecule has 2 rings (SSSR count). The molecule has 25 heavy (non-hydrogen) atoms. The number of rotatable bonds is 7. The SMILES string of the molecule is C=C1C(NC(C)C)=C(CCCCC)C(=O)[C]([Hg])=C1C1C=C(C)CCC1. The van der Waals surface area contributed by atoms with E-state index in [0.717, 1.165) is 39.2 Å². The quantitative estimate of drug-likeness (QED) is 0.269. The van der Waals surface area contributed by atoms with Crippen LogP contribution in [0.5, 0.6) is 0 Å². The number of carbonyl (C=O) groups excluding carboxylic acids is 1. The summed E-state index contributed by atoms with van der Waals surface area (Å²) in [6.07, 6.45) is 10.3. The second-order valence-electron chi connectivity index (χ2n) is 7.82. The summed E-state index contributed by atoms with van der Waals surface area (Å²) in [7, 11) is 0. The molecule has 1 unspecified atom stereocenters. The number of hydrogen-bond acceptors (Lipinski definition) is 2. The van der Waals surface area contributed by atoms with Crippen molar-refractivity contribution in [1.82, 2.24) is 5.32 Å². The van der Waals surface area contributed by atoms with Crippen LogP contribution >= 0.6 is 0 Å². The zero-order chi connectivity index (χ0) is 18.6. The van der Waals surface area contributed by atoms with E-state index in [1.165, 1.54) is 36.8 Å². The summed E-state index contributed by atoms with van der Waals surface area (Å²) >= 11 is 0.316. The zero-order valence-electron chi connectivity index (χ0n) is 16.5. The predicted octanol–water partition coefficient (Wildman–Crippen LogP) is 5.51. The van der Waals surface area contributed by atoms with Crippen molar-refractivity contribution in [2.24, 2.45) is 5.92 Å². The van der Waals surface area contributed by atoms with E-state index >= 15 is 0 Å². The second kappa shape index (κ2) is 9.34. The van der Waals surface area contributed by atoms with Gasteiger partial charge in [-0.1, -0.05) is 0 Å². The Bertz CT molecular complexity index is 636. The van der Waals surface area contributed by atoms with Crippen LogP contribution in [0.4, 0.5) is 0 Å². The Hall–Kier alpha value is -0.635. The van der Waals surface area contributed by atoms with Crippen molar-refractivity contribution in [1.29, 1.82) is 0 Å². The molecule has 0 radical (unpaired) electrons. The molecule has 0 spiro atoms. The molecule has 1 atom stereocenters. The number of carbonyl (C=O) groups is 1. The summed E-state index contributed by atoms with van der Waals surface area (Å²) in [5, 5.41) is 3.57. The first-order valence-corrected chi connectivity index (χ1v) is 12.6. The van der Waals surface area contributed by atoms with Gasteiger partial charge in [0.15, 0.2) is 0 Å². The van der Waals surface area contributed by atoms with E-state index in [1.807, 2.05) is 0 Å². The first kappa shape index (κ1) is 20.7. The Morgan fingerprint density at radius 1 is 1.36 bits per heavy atom. The summed E-state index contributed by atoms with van der Waals surface area (Å²) in [6, 6.07) is 0.311. The van der Waals surface area contributed by atoms with Crippen LogP contribution in [0, 0.1) is 5.92 Å². The summed E-state index contributed by atoms with van der Waals surface area (Å²) in [5.41, 5.74) is 5.85. The third-order valence-electron chi connectivity index (χ3n) is 5.21. The molecular weight excluding hydrogens is 495 g/mol. The number of allylic oxidation sites excluding steroid dienone is 5. The van der Waals surface area contributed by atoms with Gasteiger partial charge in [-0.15, -0.1) is 0 Å². The topological polar surface area (TPSA) is 29.1 Å². The molecule has 0 aliphatic heterocycles. The predicted molar refractivity (Wildman–Crippen MR) is 102 cm³/mol. The number of ketones is 1. The van der Waals surface area contributed by atoms with Gasteiger partial charge in [-0.25, -0.2) is 0 Å². The Morgan fingerprint density at radius 3 is 2.68 bits per heavy atom. The van der Waals surface area contributed by atoms with Crippen LogP contribution in [0.25, 0.3) is 0 Å². The fourth-order valence-corrected chi connectivity index (χ4v) is 6.63. The molecule has 0 heterocycles. The van der Waals surface area contributed by atoms with Gasteiger partial charge in [0, 0.05) is 0 Å². The van der Waals surface area contributed by atoms with E-state index < -0.39 is 0 Å². The zero-order valence-corrected chi connectivity index (χ0v) is 22.0. The van der Waals surface area contributed by atoms with Crippen molar-refractivity contribution >= 4 is 5.78 Å². The van der Waals surface area contributed by atoms with E-state index in [2.05, 4.69) is 45.7 Å². The van der Waals surface area contributed by atoms with E-state index in [0.29, 0.717) is 43.9 Å². The number of hydrogen-bond donors (Lipinski definition) is 1. The maximum atomic E-state index is 13.2. The number of nitrogens with one attached hydrogen (secondary N) is 1. The van der Waals surface area contributed by atoms with Crippen molar-refractivity contribution < 1.29 is 30.9 Å². The molecule has 133 valence electrons. The van der Waals surface area contributed by atoms with Crippen LogP contribution in [-0.2, 0) is 30.9 Å². The third kappa shape index (κ3) is 4.96. The van der Waals surface area contributed by atoms with Gasteiger partial charge in [-0.05, 0) is 0 Å². The molecule has 0 amide bonds. The van der Waals surface area contributed by atoms with E-state index in [4.69, 9.17) is 0 Å². The fraction of sp³-hybridized carbons (Fsp3) is 0.591. The monoisotopic (exact) mass is 528 g/mol. The summed E-state index contributed by atoms with van der Waals surface area (Å²) in [6.45, 7) is 13.2. The van der Waals surface area contributed by atoms with Crippen LogP contribution in [-0.4, -0.2) is 11.8 Å². The Balaban J connectivity index is 2.40. The van der Waals surface area contributed by atoms with Crippen molar-refractivity contribution in [2.75, 3.05) is 0 Å². The molecule has 0 bridgehead atoms. The molecule has 0 aromatic rings. The average Bonchev–Trinajstić information content (AvgIpc) is 2.55. The normalized spacial score (nSPS) is 22.0. The first-order chi connectivity index (χ1) is 11.9. The fourth-order valence-electron chi connectivity index (χ4n) is 3.96. The molecule has 0 saturated heterocycles. The van der Waals surface area contributed by atoms with Gasteiger partial charge < -0.3 is 0 Å². The number of unbranched alkanes of at least 4 members (excludes halogenated alkanes) is 2. The van der Waals surface area contributed by atoms with Crippen LogP contribution < -0.4 is 5.32 Å². The van der Waals surface area contributed by atoms with Crippen molar-refractivity contribution in [3.63, 3.8) is 0 Å². The average molecular weight is 527 g/mol. The number of Topliss-reactive ketones (excluding diaryl/α,β-unsaturated/α-hetero) is 1. The van der Waals surface area contributed by atoms with E-state index in [9.17, 15) is 4.79 Å². The van der Waals surface area contributed by atoms with E-state index in [-0.39, 0.29) is 0 Å². The molecule has 0 fully saturated rings. The Morgan fingerprint density at radius 2 is 2.08 bits per heavy atom. The second-order valence-corrected chi connectivity index (χ2v) is 10.6. The molecule has 1 N–H and O–H groups in total. The minimum atomic E-state index is 0.311. The van der Waals surface area contributed by atoms with Crippen molar-refractivity contribution in [2.45, 2.75) is 78.7 Å². The standard InChI is InChI=1S/C22H32NO.Hg/c1-6-7-8-12-19-21(24)14-20(17(5)22(19)23-15(2)3)18-11-9-10-16(4)13-18;/h13,15,18,23H,5-12H2,1-4H3;. The maximum absolute atomic E-state index is 13.2. The summed E-state index contributed by atoms with van der Waals surface area (Å²) in [5.74, 6) is 0.709. The van der Waals surface area contributed by atoms with Gasteiger partial charge in [0.2, 0.25) is 0 Å².